The summed E-state index contributed by atoms with van der Waals surface area (Å²) in [6, 6.07) is 11.1. The fraction of sp³-hybridized carbons (Fsp3) is 0.143. The summed E-state index contributed by atoms with van der Waals surface area (Å²) < 4.78 is 0. The molecule has 0 bridgehead atoms. The molecule has 0 unspecified atom stereocenters. The summed E-state index contributed by atoms with van der Waals surface area (Å²) in [5, 5.41) is 2.86. The Kier molecular flexibility index (Phi) is 4.54. The van der Waals surface area contributed by atoms with Crippen molar-refractivity contribution >= 4 is 23.4 Å². The number of pyridine rings is 1. The number of carbonyl (C=O) groups excluding carboxylic acids is 1. The van der Waals surface area contributed by atoms with Gasteiger partial charge in [-0.3, -0.25) is 9.78 Å². The molecule has 0 saturated carbocycles. The molecule has 0 aliphatic carbocycles. The highest BCUT2D eigenvalue weighted by molar-refractivity contribution is 7.98. The number of nitrogens with zero attached hydrogens (tertiary/aromatic N) is 1. The number of hydrogen-bond donors (Lipinski definition) is 2. The first-order valence-electron chi connectivity index (χ1n) is 5.83. The van der Waals surface area contributed by atoms with Crippen molar-refractivity contribution in [1.82, 2.24) is 4.98 Å². The van der Waals surface area contributed by atoms with Crippen LogP contribution in [-0.4, -0.2) is 17.1 Å². The van der Waals surface area contributed by atoms with E-state index in [1.807, 2.05) is 30.5 Å². The number of anilines is 1. The van der Waals surface area contributed by atoms with E-state index in [4.69, 9.17) is 5.73 Å². The monoisotopic (exact) mass is 273 g/mol. The van der Waals surface area contributed by atoms with Gasteiger partial charge in [-0.05, 0) is 36.6 Å². The van der Waals surface area contributed by atoms with Gasteiger partial charge in [0.05, 0.1) is 5.69 Å². The van der Waals surface area contributed by atoms with Crippen molar-refractivity contribution in [1.29, 1.82) is 0 Å². The van der Waals surface area contributed by atoms with Crippen LogP contribution in [0.5, 0.6) is 0 Å². The maximum atomic E-state index is 12.1. The molecule has 0 saturated heterocycles. The Labute approximate surface area is 116 Å². The Morgan fingerprint density at radius 2 is 2.21 bits per heavy atom. The van der Waals surface area contributed by atoms with Gasteiger partial charge >= 0.3 is 0 Å². The number of nitrogens with two attached hydrogens (primary N) is 1. The van der Waals surface area contributed by atoms with Crippen LogP contribution in [0.3, 0.4) is 0 Å². The SMILES string of the molecule is CSc1cccc(NC(=O)c2ccnc(CN)c2)c1. The van der Waals surface area contributed by atoms with Crippen LogP contribution in [-0.2, 0) is 6.54 Å². The molecule has 0 atom stereocenters. The van der Waals surface area contributed by atoms with Gasteiger partial charge in [-0.15, -0.1) is 11.8 Å². The maximum Gasteiger partial charge on any atom is 0.255 e. The first kappa shape index (κ1) is 13.6. The molecule has 0 fully saturated rings. The number of aromatic nitrogens is 1. The van der Waals surface area contributed by atoms with Gasteiger partial charge < -0.3 is 11.1 Å². The van der Waals surface area contributed by atoms with E-state index < -0.39 is 0 Å². The molecule has 1 aromatic carbocycles. The normalized spacial score (nSPS) is 10.2. The van der Waals surface area contributed by atoms with Crippen molar-refractivity contribution in [2.24, 2.45) is 5.73 Å². The average molecular weight is 273 g/mol. The first-order chi connectivity index (χ1) is 9.22. The highest BCUT2D eigenvalue weighted by Crippen LogP contribution is 2.19. The molecule has 3 N–H and O–H groups in total. The van der Waals surface area contributed by atoms with Crippen molar-refractivity contribution < 1.29 is 4.79 Å². The second kappa shape index (κ2) is 6.36. The summed E-state index contributed by atoms with van der Waals surface area (Å²) in [7, 11) is 0. The number of nitrogens with one attached hydrogen (secondary N) is 1. The Hall–Kier alpha value is -1.85. The van der Waals surface area contributed by atoms with E-state index in [0.717, 1.165) is 10.6 Å². The average Bonchev–Trinajstić information content (AvgIpc) is 2.47. The summed E-state index contributed by atoms with van der Waals surface area (Å²) in [4.78, 5) is 17.3. The fourth-order valence-electron chi connectivity index (χ4n) is 1.64. The Bertz CT molecular complexity index is 586. The standard InChI is InChI=1S/C14H15N3OS/c1-19-13-4-2-3-11(8-13)17-14(18)10-5-6-16-12(7-10)9-15/h2-8H,9,15H2,1H3,(H,17,18). The number of rotatable bonds is 4. The van der Waals surface area contributed by atoms with Crippen molar-refractivity contribution in [3.8, 4) is 0 Å². The lowest BCUT2D eigenvalue weighted by Crippen LogP contribution is -2.13. The van der Waals surface area contributed by atoms with E-state index >= 15 is 0 Å². The molecule has 5 heteroatoms. The number of carbonyl (C=O) groups is 1. The largest absolute Gasteiger partial charge is 0.325 e. The van der Waals surface area contributed by atoms with Gasteiger partial charge in [0.1, 0.15) is 0 Å². The highest BCUT2D eigenvalue weighted by Gasteiger charge is 2.07. The van der Waals surface area contributed by atoms with Crippen molar-refractivity contribution in [3.05, 3.63) is 53.9 Å². The molecule has 4 nitrogen and oxygen atoms in total. The third kappa shape index (κ3) is 3.56. The molecule has 1 heterocycles. The number of amides is 1. The lowest BCUT2D eigenvalue weighted by atomic mass is 10.2. The van der Waals surface area contributed by atoms with Crippen LogP contribution in [0.15, 0.2) is 47.5 Å². The van der Waals surface area contributed by atoms with E-state index in [9.17, 15) is 4.79 Å². The predicted molar refractivity (Wildman–Crippen MR) is 78.3 cm³/mol. The molecule has 0 aliphatic rings. The molecule has 1 amide bonds. The van der Waals surface area contributed by atoms with Gasteiger partial charge in [0.2, 0.25) is 0 Å². The van der Waals surface area contributed by atoms with E-state index in [2.05, 4.69) is 10.3 Å². The van der Waals surface area contributed by atoms with E-state index in [1.165, 1.54) is 0 Å². The zero-order valence-corrected chi connectivity index (χ0v) is 11.4. The molecule has 2 rings (SSSR count). The minimum Gasteiger partial charge on any atom is -0.325 e. The summed E-state index contributed by atoms with van der Waals surface area (Å²) in [5.74, 6) is -0.157. The molecule has 0 spiro atoms. The Morgan fingerprint density at radius 1 is 1.37 bits per heavy atom. The van der Waals surface area contributed by atoms with Crippen LogP contribution in [0.4, 0.5) is 5.69 Å². The summed E-state index contributed by atoms with van der Waals surface area (Å²) in [6.07, 6.45) is 3.59. The fourth-order valence-corrected chi connectivity index (χ4v) is 2.09. The molecular weight excluding hydrogens is 258 g/mol. The lowest BCUT2D eigenvalue weighted by Gasteiger charge is -2.07. The third-order valence-electron chi connectivity index (χ3n) is 2.62. The minimum atomic E-state index is -0.157. The summed E-state index contributed by atoms with van der Waals surface area (Å²) in [6.45, 7) is 0.322. The van der Waals surface area contributed by atoms with Crippen LogP contribution in [0.25, 0.3) is 0 Å². The number of hydrogen-bond acceptors (Lipinski definition) is 4. The zero-order chi connectivity index (χ0) is 13.7. The van der Waals surface area contributed by atoms with Gasteiger partial charge in [-0.1, -0.05) is 6.07 Å². The number of benzene rings is 1. The van der Waals surface area contributed by atoms with Crippen LogP contribution in [0.2, 0.25) is 0 Å². The van der Waals surface area contributed by atoms with Crippen LogP contribution in [0, 0.1) is 0 Å². The Balaban J connectivity index is 2.15. The smallest absolute Gasteiger partial charge is 0.255 e. The summed E-state index contributed by atoms with van der Waals surface area (Å²) in [5.41, 5.74) is 7.55. The van der Waals surface area contributed by atoms with Crippen molar-refractivity contribution in [2.75, 3.05) is 11.6 Å². The van der Waals surface area contributed by atoms with Crippen molar-refractivity contribution in [3.63, 3.8) is 0 Å². The molecule has 19 heavy (non-hydrogen) atoms. The van der Waals surface area contributed by atoms with Gasteiger partial charge in [0, 0.05) is 28.9 Å². The van der Waals surface area contributed by atoms with E-state index in [0.29, 0.717) is 17.8 Å². The second-order valence-electron chi connectivity index (χ2n) is 3.93. The van der Waals surface area contributed by atoms with Crippen LogP contribution in [0.1, 0.15) is 16.1 Å². The van der Waals surface area contributed by atoms with Gasteiger partial charge in [0.25, 0.3) is 5.91 Å². The first-order valence-corrected chi connectivity index (χ1v) is 7.06. The van der Waals surface area contributed by atoms with E-state index in [1.54, 1.807) is 30.1 Å². The summed E-state index contributed by atoms with van der Waals surface area (Å²) >= 11 is 1.63. The molecule has 2 aromatic rings. The quantitative estimate of drug-likeness (QED) is 0.840. The highest BCUT2D eigenvalue weighted by atomic mass is 32.2. The third-order valence-corrected chi connectivity index (χ3v) is 3.34. The predicted octanol–water partition coefficient (Wildman–Crippen LogP) is 2.51. The van der Waals surface area contributed by atoms with Crippen LogP contribution >= 0.6 is 11.8 Å². The molecule has 1 aromatic heterocycles. The van der Waals surface area contributed by atoms with E-state index in [-0.39, 0.29) is 5.91 Å². The van der Waals surface area contributed by atoms with Crippen molar-refractivity contribution in [2.45, 2.75) is 11.4 Å². The maximum absolute atomic E-state index is 12.1. The van der Waals surface area contributed by atoms with Gasteiger partial charge in [-0.25, -0.2) is 0 Å². The minimum absolute atomic E-state index is 0.157. The number of thioether (sulfide) groups is 1. The topological polar surface area (TPSA) is 68.0 Å². The molecule has 0 aliphatic heterocycles. The van der Waals surface area contributed by atoms with Gasteiger partial charge in [-0.2, -0.15) is 0 Å². The lowest BCUT2D eigenvalue weighted by molar-refractivity contribution is 0.102. The molecule has 98 valence electrons. The van der Waals surface area contributed by atoms with Crippen LogP contribution < -0.4 is 11.1 Å². The molecule has 0 radical (unpaired) electrons. The Morgan fingerprint density at radius 3 is 2.95 bits per heavy atom. The second-order valence-corrected chi connectivity index (χ2v) is 4.81. The molecular formula is C14H15N3OS. The zero-order valence-electron chi connectivity index (χ0n) is 10.6. The van der Waals surface area contributed by atoms with Gasteiger partial charge in [0.15, 0.2) is 0 Å².